The second kappa shape index (κ2) is 7.40. The van der Waals surface area contributed by atoms with Crippen LogP contribution in [0.5, 0.6) is 5.75 Å². The molecule has 0 amide bonds. The molecule has 0 bridgehead atoms. The third-order valence-electron chi connectivity index (χ3n) is 4.98. The summed E-state index contributed by atoms with van der Waals surface area (Å²) in [5.41, 5.74) is 2.27. The van der Waals surface area contributed by atoms with E-state index in [1.54, 1.807) is 7.05 Å². The van der Waals surface area contributed by atoms with Gasteiger partial charge in [-0.05, 0) is 36.8 Å². The maximum Gasteiger partial charge on any atom is 0.330 e. The molecule has 0 spiro atoms. The van der Waals surface area contributed by atoms with Crippen LogP contribution in [0.15, 0.2) is 68.8 Å². The number of halogens is 1. The van der Waals surface area contributed by atoms with Gasteiger partial charge in [0.15, 0.2) is 0 Å². The van der Waals surface area contributed by atoms with Crippen molar-refractivity contribution in [2.24, 2.45) is 14.1 Å². The number of para-hydroxylation sites is 2. The number of ether oxygens (including phenoxy) is 1. The van der Waals surface area contributed by atoms with Gasteiger partial charge in [0.05, 0.1) is 28.9 Å². The quantitative estimate of drug-likeness (QED) is 0.471. The lowest BCUT2D eigenvalue weighted by molar-refractivity contribution is 0.339. The van der Waals surface area contributed by atoms with Crippen LogP contribution in [0.1, 0.15) is 6.92 Å². The van der Waals surface area contributed by atoms with Gasteiger partial charge in [-0.25, -0.2) is 4.79 Å². The van der Waals surface area contributed by atoms with Gasteiger partial charge < -0.3 is 9.30 Å². The molecule has 0 N–H and O–H groups in total. The number of benzene rings is 2. The van der Waals surface area contributed by atoms with Gasteiger partial charge in [0, 0.05) is 24.8 Å². The van der Waals surface area contributed by atoms with Crippen LogP contribution in [0, 0.1) is 0 Å². The monoisotopic (exact) mass is 453 g/mol. The molecule has 6 nitrogen and oxygen atoms in total. The fourth-order valence-electron chi connectivity index (χ4n) is 3.56. The van der Waals surface area contributed by atoms with Crippen LogP contribution in [0.3, 0.4) is 0 Å². The number of aryl methyl sites for hydroxylation is 1. The zero-order valence-electron chi connectivity index (χ0n) is 16.3. The molecular weight excluding hydrogens is 434 g/mol. The number of rotatable bonds is 4. The van der Waals surface area contributed by atoms with E-state index in [4.69, 9.17) is 4.74 Å². The molecule has 29 heavy (non-hydrogen) atoms. The van der Waals surface area contributed by atoms with Gasteiger partial charge in [-0.3, -0.25) is 13.9 Å². The molecule has 4 rings (SSSR count). The van der Waals surface area contributed by atoms with E-state index in [-0.39, 0.29) is 11.2 Å². The standard InChI is InChI=1S/C22H20BrN3O3/c1-4-29-18-8-6-5-7-16(18)26-13-17-19(21(27)25(3)22(28)24(17)2)20(26)14-9-11-15(23)12-10-14/h5-13H,4H2,1-3H3. The Morgan fingerprint density at radius 3 is 2.34 bits per heavy atom. The zero-order valence-corrected chi connectivity index (χ0v) is 17.9. The minimum absolute atomic E-state index is 0.325. The fraction of sp³-hybridized carbons (Fsp3) is 0.182. The van der Waals surface area contributed by atoms with Crippen molar-refractivity contribution in [3.8, 4) is 22.7 Å². The van der Waals surface area contributed by atoms with E-state index in [9.17, 15) is 9.59 Å². The van der Waals surface area contributed by atoms with Crippen LogP contribution >= 0.6 is 15.9 Å². The molecule has 2 aromatic heterocycles. The zero-order chi connectivity index (χ0) is 20.7. The second-order valence-electron chi connectivity index (χ2n) is 6.72. The predicted molar refractivity (Wildman–Crippen MR) is 118 cm³/mol. The largest absolute Gasteiger partial charge is 0.492 e. The van der Waals surface area contributed by atoms with Gasteiger partial charge in [0.25, 0.3) is 5.56 Å². The Balaban J connectivity index is 2.18. The SMILES string of the molecule is CCOc1ccccc1-n1cc2c(c1-c1ccc(Br)cc1)c(=O)n(C)c(=O)n2C. The van der Waals surface area contributed by atoms with Crippen LogP contribution in [-0.4, -0.2) is 20.3 Å². The first-order chi connectivity index (χ1) is 13.9. The minimum Gasteiger partial charge on any atom is -0.492 e. The number of hydrogen-bond donors (Lipinski definition) is 0. The Labute approximate surface area is 175 Å². The van der Waals surface area contributed by atoms with Crippen molar-refractivity contribution < 1.29 is 4.74 Å². The summed E-state index contributed by atoms with van der Waals surface area (Å²) in [6, 6.07) is 15.4. The van der Waals surface area contributed by atoms with Crippen molar-refractivity contribution in [2.45, 2.75) is 6.92 Å². The third kappa shape index (κ3) is 3.11. The van der Waals surface area contributed by atoms with E-state index < -0.39 is 0 Å². The molecule has 0 saturated carbocycles. The van der Waals surface area contributed by atoms with E-state index in [0.29, 0.717) is 23.3 Å². The van der Waals surface area contributed by atoms with Crippen LogP contribution in [-0.2, 0) is 14.1 Å². The highest BCUT2D eigenvalue weighted by Crippen LogP contribution is 2.34. The van der Waals surface area contributed by atoms with Gasteiger partial charge in [0.1, 0.15) is 5.75 Å². The summed E-state index contributed by atoms with van der Waals surface area (Å²) < 4.78 is 11.3. The predicted octanol–water partition coefficient (Wildman–Crippen LogP) is 3.86. The summed E-state index contributed by atoms with van der Waals surface area (Å²) in [5.74, 6) is 0.704. The summed E-state index contributed by atoms with van der Waals surface area (Å²) in [6.07, 6.45) is 1.83. The Kier molecular flexibility index (Phi) is 4.92. The molecule has 4 aromatic rings. The van der Waals surface area contributed by atoms with Gasteiger partial charge in [-0.15, -0.1) is 0 Å². The number of hydrogen-bond acceptors (Lipinski definition) is 3. The average molecular weight is 454 g/mol. The molecule has 0 unspecified atom stereocenters. The van der Waals surface area contributed by atoms with Crippen molar-refractivity contribution in [1.29, 1.82) is 0 Å². The van der Waals surface area contributed by atoms with Crippen LogP contribution in [0.4, 0.5) is 0 Å². The number of nitrogens with zero attached hydrogens (tertiary/aromatic N) is 3. The maximum absolute atomic E-state index is 13.1. The summed E-state index contributed by atoms with van der Waals surface area (Å²) >= 11 is 3.46. The average Bonchev–Trinajstić information content (AvgIpc) is 3.12. The first-order valence-corrected chi connectivity index (χ1v) is 10.0. The fourth-order valence-corrected chi connectivity index (χ4v) is 3.82. The molecule has 0 aliphatic carbocycles. The highest BCUT2D eigenvalue weighted by molar-refractivity contribution is 9.10. The van der Waals surface area contributed by atoms with E-state index in [1.165, 1.54) is 11.6 Å². The highest BCUT2D eigenvalue weighted by atomic mass is 79.9. The van der Waals surface area contributed by atoms with E-state index >= 15 is 0 Å². The van der Waals surface area contributed by atoms with E-state index in [0.717, 1.165) is 26.0 Å². The maximum atomic E-state index is 13.1. The van der Waals surface area contributed by atoms with Crippen molar-refractivity contribution in [1.82, 2.24) is 13.7 Å². The molecule has 0 aliphatic heterocycles. The highest BCUT2D eigenvalue weighted by Gasteiger charge is 2.21. The van der Waals surface area contributed by atoms with Gasteiger partial charge >= 0.3 is 5.69 Å². The number of fused-ring (bicyclic) bond motifs is 1. The molecule has 2 heterocycles. The molecular formula is C22H20BrN3O3. The Morgan fingerprint density at radius 1 is 0.966 bits per heavy atom. The first-order valence-electron chi connectivity index (χ1n) is 9.23. The van der Waals surface area contributed by atoms with Crippen LogP contribution in [0.2, 0.25) is 0 Å². The summed E-state index contributed by atoms with van der Waals surface area (Å²) in [7, 11) is 3.18. The topological polar surface area (TPSA) is 58.2 Å². The summed E-state index contributed by atoms with van der Waals surface area (Å²) in [4.78, 5) is 25.6. The summed E-state index contributed by atoms with van der Waals surface area (Å²) in [6.45, 7) is 2.45. The van der Waals surface area contributed by atoms with E-state index in [2.05, 4.69) is 15.9 Å². The van der Waals surface area contributed by atoms with Crippen LogP contribution < -0.4 is 16.0 Å². The molecule has 7 heteroatoms. The Morgan fingerprint density at radius 2 is 1.66 bits per heavy atom. The molecule has 0 radical (unpaired) electrons. The lowest BCUT2D eigenvalue weighted by Crippen LogP contribution is -2.36. The lowest BCUT2D eigenvalue weighted by Gasteiger charge is -2.14. The van der Waals surface area contributed by atoms with Crippen molar-refractivity contribution in [2.75, 3.05) is 6.61 Å². The second-order valence-corrected chi connectivity index (χ2v) is 7.64. The molecule has 0 aliphatic rings. The molecule has 0 fully saturated rings. The summed E-state index contributed by atoms with van der Waals surface area (Å²) in [5, 5.41) is 0.489. The molecule has 2 aromatic carbocycles. The first kappa shape index (κ1) is 19.3. The van der Waals surface area contributed by atoms with Crippen LogP contribution in [0.25, 0.3) is 27.8 Å². The van der Waals surface area contributed by atoms with Crippen molar-refractivity contribution in [3.05, 3.63) is 80.0 Å². The number of aromatic nitrogens is 3. The Bertz CT molecular complexity index is 1330. The smallest absolute Gasteiger partial charge is 0.330 e. The van der Waals surface area contributed by atoms with Gasteiger partial charge in [-0.1, -0.05) is 40.2 Å². The Hall–Kier alpha value is -3.06. The van der Waals surface area contributed by atoms with Gasteiger partial charge in [0.2, 0.25) is 0 Å². The third-order valence-corrected chi connectivity index (χ3v) is 5.51. The molecule has 0 saturated heterocycles. The van der Waals surface area contributed by atoms with Crippen molar-refractivity contribution >= 4 is 26.8 Å². The molecule has 148 valence electrons. The normalized spacial score (nSPS) is 11.2. The lowest BCUT2D eigenvalue weighted by atomic mass is 10.1. The van der Waals surface area contributed by atoms with E-state index in [1.807, 2.05) is 66.2 Å². The molecule has 0 atom stereocenters. The van der Waals surface area contributed by atoms with Gasteiger partial charge in [-0.2, -0.15) is 0 Å². The van der Waals surface area contributed by atoms with Crippen molar-refractivity contribution in [3.63, 3.8) is 0 Å². The minimum atomic E-state index is -0.361.